The number of fused-ring (bicyclic) bond motifs is 1. The van der Waals surface area contributed by atoms with Gasteiger partial charge in [0.05, 0.1) is 5.52 Å². The fourth-order valence-electron chi connectivity index (χ4n) is 2.59. The van der Waals surface area contributed by atoms with Gasteiger partial charge in [-0.25, -0.2) is 4.57 Å². The van der Waals surface area contributed by atoms with E-state index in [0.29, 0.717) is 22.3 Å². The van der Waals surface area contributed by atoms with E-state index in [1.807, 2.05) is 25.1 Å². The first kappa shape index (κ1) is 14.1. The SMILES string of the molecule is Cc1ccccc1C(=O)n1c(=O)c(C)cc2ccc(N)cc21. The fourth-order valence-corrected chi connectivity index (χ4v) is 2.59. The zero-order valence-electron chi connectivity index (χ0n) is 12.5. The number of carbonyl (C=O) groups excluding carboxylic acids is 1. The Morgan fingerprint density at radius 3 is 2.45 bits per heavy atom. The molecular formula is C18H16N2O2. The van der Waals surface area contributed by atoms with Crippen molar-refractivity contribution in [1.82, 2.24) is 4.57 Å². The van der Waals surface area contributed by atoms with Crippen LogP contribution in [0, 0.1) is 13.8 Å². The molecule has 1 aromatic heterocycles. The van der Waals surface area contributed by atoms with Crippen LogP contribution in [0.1, 0.15) is 21.5 Å². The van der Waals surface area contributed by atoms with Crippen LogP contribution in [0.2, 0.25) is 0 Å². The first-order valence-corrected chi connectivity index (χ1v) is 7.01. The maximum Gasteiger partial charge on any atom is 0.265 e. The highest BCUT2D eigenvalue weighted by Gasteiger charge is 2.17. The number of nitrogen functional groups attached to an aromatic ring is 1. The van der Waals surface area contributed by atoms with Crippen LogP contribution in [0.5, 0.6) is 0 Å². The molecule has 0 saturated carbocycles. The minimum atomic E-state index is -0.331. The summed E-state index contributed by atoms with van der Waals surface area (Å²) >= 11 is 0. The summed E-state index contributed by atoms with van der Waals surface area (Å²) in [4.78, 5) is 25.4. The highest BCUT2D eigenvalue weighted by Crippen LogP contribution is 2.19. The van der Waals surface area contributed by atoms with Crippen molar-refractivity contribution in [3.05, 3.63) is 75.6 Å². The molecule has 0 spiro atoms. The molecule has 0 amide bonds. The zero-order valence-corrected chi connectivity index (χ0v) is 12.5. The second-order valence-corrected chi connectivity index (χ2v) is 5.41. The fraction of sp³-hybridized carbons (Fsp3) is 0.111. The van der Waals surface area contributed by atoms with Gasteiger partial charge in [-0.05, 0) is 49.1 Å². The molecule has 0 saturated heterocycles. The molecular weight excluding hydrogens is 276 g/mol. The van der Waals surface area contributed by atoms with Crippen LogP contribution in [0.4, 0.5) is 5.69 Å². The minimum Gasteiger partial charge on any atom is -0.399 e. The lowest BCUT2D eigenvalue weighted by molar-refractivity contribution is 0.0960. The summed E-state index contributed by atoms with van der Waals surface area (Å²) in [5.41, 5.74) is 8.43. The second-order valence-electron chi connectivity index (χ2n) is 5.41. The third-order valence-electron chi connectivity index (χ3n) is 3.79. The Kier molecular flexibility index (Phi) is 3.29. The predicted molar refractivity (Wildman–Crippen MR) is 88.3 cm³/mol. The quantitative estimate of drug-likeness (QED) is 0.701. The maximum absolute atomic E-state index is 12.9. The number of pyridine rings is 1. The molecule has 0 aliphatic heterocycles. The molecule has 0 radical (unpaired) electrons. The van der Waals surface area contributed by atoms with Gasteiger partial charge in [-0.15, -0.1) is 0 Å². The largest absolute Gasteiger partial charge is 0.399 e. The van der Waals surface area contributed by atoms with Gasteiger partial charge in [0.2, 0.25) is 0 Å². The third-order valence-corrected chi connectivity index (χ3v) is 3.79. The number of nitrogens with two attached hydrogens (primary N) is 1. The van der Waals surface area contributed by atoms with E-state index in [-0.39, 0.29) is 11.5 Å². The number of anilines is 1. The molecule has 0 aliphatic carbocycles. The van der Waals surface area contributed by atoms with Crippen molar-refractivity contribution >= 4 is 22.5 Å². The molecule has 2 N–H and O–H groups in total. The Hall–Kier alpha value is -2.88. The summed E-state index contributed by atoms with van der Waals surface area (Å²) in [6.07, 6.45) is 0. The van der Waals surface area contributed by atoms with E-state index in [0.717, 1.165) is 10.9 Å². The van der Waals surface area contributed by atoms with Gasteiger partial charge in [0.25, 0.3) is 11.5 Å². The van der Waals surface area contributed by atoms with Crippen LogP contribution in [-0.2, 0) is 0 Å². The Morgan fingerprint density at radius 2 is 1.73 bits per heavy atom. The second kappa shape index (κ2) is 5.15. The smallest absolute Gasteiger partial charge is 0.265 e. The van der Waals surface area contributed by atoms with Crippen molar-refractivity contribution in [3.8, 4) is 0 Å². The molecule has 0 bridgehead atoms. The molecule has 0 aliphatic rings. The lowest BCUT2D eigenvalue weighted by Crippen LogP contribution is -2.29. The summed E-state index contributed by atoms with van der Waals surface area (Å²) in [5.74, 6) is -0.331. The van der Waals surface area contributed by atoms with E-state index in [1.165, 1.54) is 4.57 Å². The number of carbonyl (C=O) groups is 1. The van der Waals surface area contributed by atoms with Crippen molar-refractivity contribution in [2.45, 2.75) is 13.8 Å². The normalized spacial score (nSPS) is 10.8. The predicted octanol–water partition coefficient (Wildman–Crippen LogP) is 2.89. The Morgan fingerprint density at radius 1 is 1.00 bits per heavy atom. The van der Waals surface area contributed by atoms with E-state index < -0.39 is 0 Å². The maximum atomic E-state index is 12.9. The molecule has 1 heterocycles. The number of nitrogens with zero attached hydrogens (tertiary/aromatic N) is 1. The highest BCUT2D eigenvalue weighted by molar-refractivity contribution is 6.02. The van der Waals surface area contributed by atoms with Gasteiger partial charge in [-0.2, -0.15) is 0 Å². The van der Waals surface area contributed by atoms with Gasteiger partial charge in [0, 0.05) is 16.8 Å². The summed E-state index contributed by atoms with van der Waals surface area (Å²) in [5, 5.41) is 0.813. The lowest BCUT2D eigenvalue weighted by atomic mass is 10.1. The van der Waals surface area contributed by atoms with Gasteiger partial charge in [0.15, 0.2) is 0 Å². The van der Waals surface area contributed by atoms with Crippen molar-refractivity contribution in [3.63, 3.8) is 0 Å². The summed E-state index contributed by atoms with van der Waals surface area (Å²) < 4.78 is 1.21. The molecule has 4 nitrogen and oxygen atoms in total. The topological polar surface area (TPSA) is 65.1 Å². The van der Waals surface area contributed by atoms with E-state index in [2.05, 4.69) is 0 Å². The van der Waals surface area contributed by atoms with Gasteiger partial charge < -0.3 is 5.73 Å². The van der Waals surface area contributed by atoms with E-state index in [9.17, 15) is 9.59 Å². The number of aryl methyl sites for hydroxylation is 2. The molecule has 110 valence electrons. The van der Waals surface area contributed by atoms with Crippen LogP contribution in [0.15, 0.2) is 53.3 Å². The molecule has 3 rings (SSSR count). The molecule has 0 unspecified atom stereocenters. The van der Waals surface area contributed by atoms with Crippen molar-refractivity contribution in [2.75, 3.05) is 5.73 Å². The standard InChI is InChI=1S/C18H16N2O2/c1-11-5-3-4-6-15(11)18(22)20-16-10-14(19)8-7-13(16)9-12(2)17(20)21/h3-10H,19H2,1-2H3. The van der Waals surface area contributed by atoms with Crippen LogP contribution in [0.3, 0.4) is 0 Å². The molecule has 3 aromatic rings. The monoisotopic (exact) mass is 292 g/mol. The Balaban J connectivity index is 2.37. The number of hydrogen-bond acceptors (Lipinski definition) is 3. The molecule has 2 aromatic carbocycles. The van der Waals surface area contributed by atoms with Gasteiger partial charge in [0.1, 0.15) is 0 Å². The van der Waals surface area contributed by atoms with Crippen molar-refractivity contribution in [1.29, 1.82) is 0 Å². The molecule has 0 atom stereocenters. The molecule has 0 fully saturated rings. The lowest BCUT2D eigenvalue weighted by Gasteiger charge is -2.12. The first-order valence-electron chi connectivity index (χ1n) is 7.01. The average Bonchev–Trinajstić information content (AvgIpc) is 2.49. The van der Waals surface area contributed by atoms with Crippen LogP contribution >= 0.6 is 0 Å². The molecule has 4 heteroatoms. The van der Waals surface area contributed by atoms with Crippen molar-refractivity contribution in [2.24, 2.45) is 0 Å². The third kappa shape index (κ3) is 2.19. The van der Waals surface area contributed by atoms with Gasteiger partial charge in [-0.1, -0.05) is 24.3 Å². The zero-order chi connectivity index (χ0) is 15.9. The van der Waals surface area contributed by atoms with E-state index in [4.69, 9.17) is 5.73 Å². The average molecular weight is 292 g/mol. The number of benzene rings is 2. The van der Waals surface area contributed by atoms with Gasteiger partial charge in [-0.3, -0.25) is 9.59 Å². The molecule has 22 heavy (non-hydrogen) atoms. The highest BCUT2D eigenvalue weighted by atomic mass is 16.2. The summed E-state index contributed by atoms with van der Waals surface area (Å²) in [7, 11) is 0. The number of rotatable bonds is 1. The number of hydrogen-bond donors (Lipinski definition) is 1. The minimum absolute atomic E-state index is 0.314. The Labute approximate surface area is 127 Å². The van der Waals surface area contributed by atoms with Crippen LogP contribution in [-0.4, -0.2) is 10.5 Å². The van der Waals surface area contributed by atoms with Gasteiger partial charge >= 0.3 is 0 Å². The van der Waals surface area contributed by atoms with Crippen LogP contribution < -0.4 is 11.3 Å². The van der Waals surface area contributed by atoms with Crippen molar-refractivity contribution < 1.29 is 4.79 Å². The number of aromatic nitrogens is 1. The summed E-state index contributed by atoms with van der Waals surface area (Å²) in [6, 6.07) is 14.2. The van der Waals surface area contributed by atoms with E-state index >= 15 is 0 Å². The first-order chi connectivity index (χ1) is 10.5. The Bertz CT molecular complexity index is 955. The summed E-state index contributed by atoms with van der Waals surface area (Å²) in [6.45, 7) is 3.56. The van der Waals surface area contributed by atoms with E-state index in [1.54, 1.807) is 37.3 Å². The van der Waals surface area contributed by atoms with Crippen LogP contribution in [0.25, 0.3) is 10.9 Å².